The van der Waals surface area contributed by atoms with Gasteiger partial charge in [0.15, 0.2) is 18.9 Å². The lowest BCUT2D eigenvalue weighted by molar-refractivity contribution is -0.358. The maximum absolute atomic E-state index is 11.3. The molecule has 23 heteroatoms. The molecule has 0 radical (unpaired) electrons. The Hall–Kier alpha value is -0.780. The van der Waals surface area contributed by atoms with Crippen LogP contribution in [-0.2, 0) is 57.6 Å². The third-order valence-electron chi connectivity index (χ3n) is 6.75. The fourth-order valence-corrected chi connectivity index (χ4v) is 5.94. The number of ether oxygens (including phenoxy) is 6. The fourth-order valence-electron chi connectivity index (χ4n) is 4.90. The van der Waals surface area contributed by atoms with Crippen LogP contribution in [0.1, 0.15) is 0 Å². The molecule has 1 unspecified atom stereocenters. The Labute approximate surface area is 231 Å². The molecule has 4 aliphatic heterocycles. The molecule has 0 aromatic rings. The Balaban J connectivity index is 1.47. The molecule has 2 bridgehead atoms. The average Bonchev–Trinajstić information content (AvgIpc) is 3.18. The minimum absolute atomic E-state index is 0.265. The maximum Gasteiger partial charge on any atom is 0.397 e. The van der Waals surface area contributed by atoms with Crippen LogP contribution in [0, 0.1) is 0 Å². The Morgan fingerprint density at radius 1 is 0.634 bits per heavy atom. The molecule has 0 aliphatic carbocycles. The Morgan fingerprint density at radius 2 is 1.17 bits per heavy atom. The summed E-state index contributed by atoms with van der Waals surface area (Å²) >= 11 is 0. The van der Waals surface area contributed by atoms with Crippen LogP contribution in [0.4, 0.5) is 0 Å². The van der Waals surface area contributed by atoms with Gasteiger partial charge in [-0.05, 0) is 0 Å². The molecular formula is C18H30O21S2. The molecule has 4 aliphatic rings. The van der Waals surface area contributed by atoms with Gasteiger partial charge in [0.25, 0.3) is 0 Å². The molecule has 4 heterocycles. The molecule has 240 valence electrons. The largest absolute Gasteiger partial charge is 0.397 e. The highest BCUT2D eigenvalue weighted by Gasteiger charge is 2.58. The summed E-state index contributed by atoms with van der Waals surface area (Å²) in [7, 11) is -10.3. The molecule has 4 fully saturated rings. The topological polar surface area (TPSA) is 324 Å². The van der Waals surface area contributed by atoms with Gasteiger partial charge in [-0.1, -0.05) is 0 Å². The van der Waals surface area contributed by atoms with Crippen LogP contribution in [0.2, 0.25) is 0 Å². The van der Waals surface area contributed by atoms with Crippen LogP contribution in [-0.4, -0.2) is 174 Å². The van der Waals surface area contributed by atoms with E-state index in [0.29, 0.717) is 0 Å². The first-order valence-corrected chi connectivity index (χ1v) is 14.6. The van der Waals surface area contributed by atoms with E-state index < -0.39 is 126 Å². The quantitative estimate of drug-likeness (QED) is 0.0995. The average molecular weight is 647 g/mol. The number of aliphatic hydroxyl groups is 7. The maximum atomic E-state index is 11.3. The second-order valence-corrected chi connectivity index (χ2v) is 11.6. The molecule has 4 rings (SSSR count). The van der Waals surface area contributed by atoms with Crippen molar-refractivity contribution >= 4 is 20.8 Å². The molecule has 0 saturated carbocycles. The van der Waals surface area contributed by atoms with E-state index in [2.05, 4.69) is 8.37 Å². The van der Waals surface area contributed by atoms with E-state index in [4.69, 9.17) is 37.5 Å². The first-order valence-electron chi connectivity index (χ1n) is 11.9. The van der Waals surface area contributed by atoms with Crippen LogP contribution in [0.3, 0.4) is 0 Å². The van der Waals surface area contributed by atoms with Crippen molar-refractivity contribution in [2.24, 2.45) is 0 Å². The highest BCUT2D eigenvalue weighted by atomic mass is 32.3. The van der Waals surface area contributed by atoms with Gasteiger partial charge in [-0.25, -0.2) is 8.37 Å². The van der Waals surface area contributed by atoms with Gasteiger partial charge in [0.05, 0.1) is 19.8 Å². The second kappa shape index (κ2) is 12.7. The van der Waals surface area contributed by atoms with Gasteiger partial charge < -0.3 is 64.2 Å². The predicted octanol–water partition coefficient (Wildman–Crippen LogP) is -6.87. The smallest absolute Gasteiger partial charge is 0.394 e. The minimum atomic E-state index is -5.20. The molecule has 15 atom stereocenters. The number of aliphatic hydroxyl groups excluding tert-OH is 7. The Morgan fingerprint density at radius 3 is 1.76 bits per heavy atom. The standard InChI is InChI=1S/C18H30O21S2/c19-1-4-11(38-40(26,27)28)7(21)8(22)17(34-4)36-12-6-3-32-14(12)10(24)18(35-6)37-15-9(23)16(25)33-5(2-20)13(15)39-41(29,30)31/h4-25H,1-3H2,(H,26,27,28)(H,29,30,31)/t4-,5-,6-,7-,8-,9-,10-,11+,12+,13+,14-,15-,16?,17+,18-/m1/s1. The zero-order valence-electron chi connectivity index (χ0n) is 20.5. The van der Waals surface area contributed by atoms with Gasteiger partial charge in [0, 0.05) is 0 Å². The van der Waals surface area contributed by atoms with E-state index in [1.165, 1.54) is 0 Å². The normalized spacial score (nSPS) is 47.4. The third-order valence-corrected chi connectivity index (χ3v) is 7.68. The lowest BCUT2D eigenvalue weighted by Crippen LogP contribution is -2.65. The van der Waals surface area contributed by atoms with E-state index in [0.717, 1.165) is 0 Å². The monoisotopic (exact) mass is 646 g/mol. The van der Waals surface area contributed by atoms with E-state index in [1.807, 2.05) is 0 Å². The molecule has 0 aromatic carbocycles. The Kier molecular flexibility index (Phi) is 10.2. The summed E-state index contributed by atoms with van der Waals surface area (Å²) in [5.41, 5.74) is 0. The van der Waals surface area contributed by atoms with Crippen molar-refractivity contribution in [1.29, 1.82) is 0 Å². The molecular weight excluding hydrogens is 616 g/mol. The Bertz CT molecular complexity index is 1100. The van der Waals surface area contributed by atoms with Gasteiger partial charge in [-0.2, -0.15) is 16.8 Å². The number of hydrogen-bond donors (Lipinski definition) is 9. The molecule has 21 nitrogen and oxygen atoms in total. The molecule has 0 spiro atoms. The zero-order valence-corrected chi connectivity index (χ0v) is 22.2. The summed E-state index contributed by atoms with van der Waals surface area (Å²) in [5.74, 6) is 0. The summed E-state index contributed by atoms with van der Waals surface area (Å²) in [6, 6.07) is 0. The van der Waals surface area contributed by atoms with Gasteiger partial charge in [0.2, 0.25) is 0 Å². The lowest BCUT2D eigenvalue weighted by atomic mass is 9.97. The molecule has 41 heavy (non-hydrogen) atoms. The lowest BCUT2D eigenvalue weighted by Gasteiger charge is -2.46. The molecule has 9 N–H and O–H groups in total. The van der Waals surface area contributed by atoms with Crippen molar-refractivity contribution < 1.29 is 98.5 Å². The van der Waals surface area contributed by atoms with Crippen molar-refractivity contribution in [2.45, 2.75) is 92.1 Å². The van der Waals surface area contributed by atoms with Gasteiger partial charge >= 0.3 is 20.8 Å². The minimum Gasteiger partial charge on any atom is -0.394 e. The predicted molar refractivity (Wildman–Crippen MR) is 119 cm³/mol. The van der Waals surface area contributed by atoms with Gasteiger partial charge in [-0.15, -0.1) is 0 Å². The van der Waals surface area contributed by atoms with Crippen LogP contribution in [0.15, 0.2) is 0 Å². The van der Waals surface area contributed by atoms with E-state index in [9.17, 15) is 52.6 Å². The van der Waals surface area contributed by atoms with Gasteiger partial charge in [-0.3, -0.25) is 9.11 Å². The van der Waals surface area contributed by atoms with Crippen LogP contribution in [0.25, 0.3) is 0 Å². The summed E-state index contributed by atoms with van der Waals surface area (Å²) in [4.78, 5) is 0. The molecule has 4 saturated heterocycles. The van der Waals surface area contributed by atoms with Crippen LogP contribution >= 0.6 is 0 Å². The van der Waals surface area contributed by atoms with Crippen molar-refractivity contribution in [3.63, 3.8) is 0 Å². The number of fused-ring (bicyclic) bond motifs is 2. The summed E-state index contributed by atoms with van der Waals surface area (Å²) in [5, 5.41) is 71.0. The van der Waals surface area contributed by atoms with Crippen molar-refractivity contribution in [3.05, 3.63) is 0 Å². The van der Waals surface area contributed by atoms with E-state index >= 15 is 0 Å². The zero-order chi connectivity index (χ0) is 30.4. The van der Waals surface area contributed by atoms with E-state index in [1.54, 1.807) is 0 Å². The number of rotatable bonds is 10. The molecule has 0 aromatic heterocycles. The first kappa shape index (κ1) is 33.1. The third kappa shape index (κ3) is 7.31. The van der Waals surface area contributed by atoms with Crippen molar-refractivity contribution in [1.82, 2.24) is 0 Å². The van der Waals surface area contributed by atoms with Crippen molar-refractivity contribution in [3.8, 4) is 0 Å². The van der Waals surface area contributed by atoms with Crippen LogP contribution in [0.5, 0.6) is 0 Å². The van der Waals surface area contributed by atoms with Gasteiger partial charge in [0.1, 0.15) is 73.2 Å². The SMILES string of the molecule is O=S(=O)(O)O[C@@H]1[C@H](O)[C@@H](O)[C@H](O[C@@H]2[C@@H]3OC[C@H]2O[C@H](O[C@H]2[C@@H](OS(=O)(=O)O)[C@@H](CO)OC(O)[C@@H]2O)[C@@H]3O)O[C@@H]1CO. The highest BCUT2D eigenvalue weighted by molar-refractivity contribution is 7.81. The fraction of sp³-hybridized carbons (Fsp3) is 1.00. The van der Waals surface area contributed by atoms with Crippen molar-refractivity contribution in [2.75, 3.05) is 19.8 Å². The van der Waals surface area contributed by atoms with Crippen LogP contribution < -0.4 is 0 Å². The molecule has 0 amide bonds. The first-order chi connectivity index (χ1) is 19.0. The summed E-state index contributed by atoms with van der Waals surface area (Å²) in [6.45, 7) is -2.17. The number of hydrogen-bond acceptors (Lipinski definition) is 19. The summed E-state index contributed by atoms with van der Waals surface area (Å²) < 4.78 is 104. The van der Waals surface area contributed by atoms with E-state index in [-0.39, 0.29) is 6.61 Å². The highest BCUT2D eigenvalue weighted by Crippen LogP contribution is 2.37. The second-order valence-electron chi connectivity index (χ2n) is 9.45. The summed E-state index contributed by atoms with van der Waals surface area (Å²) in [6.07, 6.45) is -26.1.